The van der Waals surface area contributed by atoms with Crippen LogP contribution in [0.4, 0.5) is 8.78 Å². The van der Waals surface area contributed by atoms with Crippen molar-refractivity contribution >= 4 is 23.2 Å². The first-order valence-electron chi connectivity index (χ1n) is 3.56. The van der Waals surface area contributed by atoms with Crippen LogP contribution in [0.15, 0.2) is 6.07 Å². The van der Waals surface area contributed by atoms with E-state index in [0.717, 1.165) is 0 Å². The summed E-state index contributed by atoms with van der Waals surface area (Å²) in [6.45, 7) is 1.56. The van der Waals surface area contributed by atoms with Gasteiger partial charge in [-0.2, -0.15) is 0 Å². The Bertz CT molecular complexity index is 292. The van der Waals surface area contributed by atoms with Crippen LogP contribution in [0.2, 0.25) is 5.15 Å². The van der Waals surface area contributed by atoms with Crippen LogP contribution in [0.5, 0.6) is 0 Å². The molecule has 0 aromatic carbocycles. The van der Waals surface area contributed by atoms with E-state index in [2.05, 4.69) is 4.98 Å². The van der Waals surface area contributed by atoms with Crippen molar-refractivity contribution in [3.8, 4) is 0 Å². The van der Waals surface area contributed by atoms with Gasteiger partial charge >= 0.3 is 0 Å². The minimum Gasteiger partial charge on any atom is -0.239 e. The molecule has 1 rings (SSSR count). The zero-order valence-corrected chi connectivity index (χ0v) is 8.33. The van der Waals surface area contributed by atoms with Gasteiger partial charge in [0, 0.05) is 0 Å². The highest BCUT2D eigenvalue weighted by Gasteiger charge is 2.16. The van der Waals surface area contributed by atoms with Gasteiger partial charge in [-0.05, 0) is 18.6 Å². The summed E-state index contributed by atoms with van der Waals surface area (Å²) in [5.74, 6) is 0.171. The molecule has 0 aliphatic rings. The average molecular weight is 226 g/mol. The smallest absolute Gasteiger partial charge is 0.239 e. The van der Waals surface area contributed by atoms with Gasteiger partial charge in [-0.15, -0.1) is 11.6 Å². The molecular weight excluding hydrogens is 219 g/mol. The zero-order valence-electron chi connectivity index (χ0n) is 6.82. The second-order valence-electron chi connectivity index (χ2n) is 2.57. The fourth-order valence-corrected chi connectivity index (χ4v) is 1.52. The monoisotopic (exact) mass is 225 g/mol. The predicted molar refractivity (Wildman–Crippen MR) is 48.5 cm³/mol. The second-order valence-corrected chi connectivity index (χ2v) is 3.19. The first-order valence-corrected chi connectivity index (χ1v) is 4.47. The van der Waals surface area contributed by atoms with Gasteiger partial charge in [0.15, 0.2) is 0 Å². The summed E-state index contributed by atoms with van der Waals surface area (Å²) in [6.07, 6.45) is -2.59. The standard InChI is InChI=1S/C8H7Cl2F2N/c1-4-2-5(3-9)13-7(10)6(4)8(11)12/h2,8H,3H2,1H3. The minimum absolute atomic E-state index is 0.161. The molecule has 0 saturated heterocycles. The van der Waals surface area contributed by atoms with E-state index in [0.29, 0.717) is 11.3 Å². The molecule has 0 spiro atoms. The molecule has 0 aliphatic carbocycles. The maximum Gasteiger partial charge on any atom is 0.267 e. The van der Waals surface area contributed by atoms with Crippen molar-refractivity contribution in [1.82, 2.24) is 4.98 Å². The molecule has 13 heavy (non-hydrogen) atoms. The molecule has 0 atom stereocenters. The van der Waals surface area contributed by atoms with Gasteiger partial charge < -0.3 is 0 Å². The summed E-state index contributed by atoms with van der Waals surface area (Å²) in [5, 5.41) is -0.161. The molecule has 0 fully saturated rings. The van der Waals surface area contributed by atoms with Crippen LogP contribution < -0.4 is 0 Å². The zero-order chi connectivity index (χ0) is 10.0. The minimum atomic E-state index is -2.59. The molecular formula is C8H7Cl2F2N. The molecule has 5 heteroatoms. The number of rotatable bonds is 2. The highest BCUT2D eigenvalue weighted by atomic mass is 35.5. The number of halogens is 4. The van der Waals surface area contributed by atoms with Gasteiger partial charge in [-0.25, -0.2) is 13.8 Å². The largest absolute Gasteiger partial charge is 0.267 e. The molecule has 0 saturated carbocycles. The van der Waals surface area contributed by atoms with Crippen molar-refractivity contribution in [2.75, 3.05) is 0 Å². The summed E-state index contributed by atoms with van der Waals surface area (Å²) in [5.41, 5.74) is 0.717. The summed E-state index contributed by atoms with van der Waals surface area (Å²) in [4.78, 5) is 3.73. The Morgan fingerprint density at radius 1 is 1.54 bits per heavy atom. The molecule has 1 heterocycles. The van der Waals surface area contributed by atoms with Crippen LogP contribution in [0.1, 0.15) is 23.2 Å². The van der Waals surface area contributed by atoms with E-state index in [4.69, 9.17) is 23.2 Å². The number of aryl methyl sites for hydroxylation is 1. The lowest BCUT2D eigenvalue weighted by atomic mass is 10.1. The van der Waals surface area contributed by atoms with Gasteiger partial charge in [0.1, 0.15) is 5.15 Å². The van der Waals surface area contributed by atoms with E-state index in [1.54, 1.807) is 6.92 Å². The molecule has 0 unspecified atom stereocenters. The van der Waals surface area contributed by atoms with Crippen molar-refractivity contribution in [2.24, 2.45) is 0 Å². The number of aromatic nitrogens is 1. The van der Waals surface area contributed by atoms with Crippen LogP contribution >= 0.6 is 23.2 Å². The molecule has 0 N–H and O–H groups in total. The normalized spacial score (nSPS) is 10.9. The molecule has 1 aromatic heterocycles. The van der Waals surface area contributed by atoms with Gasteiger partial charge in [0.05, 0.1) is 17.1 Å². The maximum absolute atomic E-state index is 12.4. The summed E-state index contributed by atoms with van der Waals surface area (Å²) >= 11 is 11.1. The predicted octanol–water partition coefficient (Wildman–Crippen LogP) is 3.72. The lowest BCUT2D eigenvalue weighted by molar-refractivity contribution is 0.150. The topological polar surface area (TPSA) is 12.9 Å². The van der Waals surface area contributed by atoms with Gasteiger partial charge in [0.2, 0.25) is 0 Å². The number of hydrogen-bond donors (Lipinski definition) is 0. The van der Waals surface area contributed by atoms with Crippen LogP contribution in [-0.4, -0.2) is 4.98 Å². The van der Waals surface area contributed by atoms with Gasteiger partial charge in [-0.1, -0.05) is 11.6 Å². The van der Waals surface area contributed by atoms with Crippen molar-refractivity contribution in [3.05, 3.63) is 28.0 Å². The Morgan fingerprint density at radius 3 is 2.54 bits per heavy atom. The lowest BCUT2D eigenvalue weighted by Crippen LogP contribution is -1.97. The third kappa shape index (κ3) is 2.29. The lowest BCUT2D eigenvalue weighted by Gasteiger charge is -2.07. The van der Waals surface area contributed by atoms with E-state index in [9.17, 15) is 8.78 Å². The maximum atomic E-state index is 12.4. The van der Waals surface area contributed by atoms with Crippen molar-refractivity contribution in [2.45, 2.75) is 19.2 Å². The van der Waals surface area contributed by atoms with Crippen LogP contribution in [0.3, 0.4) is 0 Å². The van der Waals surface area contributed by atoms with E-state index in [-0.39, 0.29) is 16.6 Å². The Morgan fingerprint density at radius 2 is 2.15 bits per heavy atom. The summed E-state index contributed by atoms with van der Waals surface area (Å²) in [6, 6.07) is 1.51. The Labute approximate surface area is 84.7 Å². The summed E-state index contributed by atoms with van der Waals surface area (Å²) < 4.78 is 24.7. The van der Waals surface area contributed by atoms with Gasteiger partial charge in [0.25, 0.3) is 6.43 Å². The third-order valence-corrected chi connectivity index (χ3v) is 2.19. The van der Waals surface area contributed by atoms with Crippen LogP contribution in [0.25, 0.3) is 0 Å². The third-order valence-electron chi connectivity index (χ3n) is 1.63. The second kappa shape index (κ2) is 4.20. The Balaban J connectivity index is 3.23. The molecule has 0 bridgehead atoms. The number of alkyl halides is 3. The first kappa shape index (κ1) is 10.7. The molecule has 0 radical (unpaired) electrons. The van der Waals surface area contributed by atoms with E-state index >= 15 is 0 Å². The highest BCUT2D eigenvalue weighted by molar-refractivity contribution is 6.30. The fourth-order valence-electron chi connectivity index (χ4n) is 1.04. The van der Waals surface area contributed by atoms with Crippen LogP contribution in [0, 0.1) is 6.92 Å². The Hall–Kier alpha value is -0.410. The Kier molecular flexibility index (Phi) is 3.45. The number of pyridine rings is 1. The molecule has 72 valence electrons. The SMILES string of the molecule is Cc1cc(CCl)nc(Cl)c1C(F)F. The fraction of sp³-hybridized carbons (Fsp3) is 0.375. The molecule has 1 aromatic rings. The van der Waals surface area contributed by atoms with E-state index in [1.807, 2.05) is 0 Å². The van der Waals surface area contributed by atoms with E-state index < -0.39 is 6.43 Å². The number of nitrogens with zero attached hydrogens (tertiary/aromatic N) is 1. The van der Waals surface area contributed by atoms with Crippen molar-refractivity contribution in [1.29, 1.82) is 0 Å². The number of hydrogen-bond acceptors (Lipinski definition) is 1. The van der Waals surface area contributed by atoms with Crippen LogP contribution in [-0.2, 0) is 5.88 Å². The average Bonchev–Trinajstić information content (AvgIpc) is 2.02. The molecule has 0 aliphatic heterocycles. The van der Waals surface area contributed by atoms with E-state index in [1.165, 1.54) is 6.07 Å². The van der Waals surface area contributed by atoms with Gasteiger partial charge in [-0.3, -0.25) is 0 Å². The van der Waals surface area contributed by atoms with Crippen molar-refractivity contribution in [3.63, 3.8) is 0 Å². The molecule has 0 amide bonds. The molecule has 1 nitrogen and oxygen atoms in total. The highest BCUT2D eigenvalue weighted by Crippen LogP contribution is 2.29. The first-order chi connectivity index (χ1) is 6.06. The quantitative estimate of drug-likeness (QED) is 0.553. The summed E-state index contributed by atoms with van der Waals surface area (Å²) in [7, 11) is 0. The van der Waals surface area contributed by atoms with Crippen molar-refractivity contribution < 1.29 is 8.78 Å².